The van der Waals surface area contributed by atoms with Crippen LogP contribution < -0.4 is 20.1 Å². The van der Waals surface area contributed by atoms with Crippen LogP contribution in [0.5, 0.6) is 11.5 Å². The molecule has 0 aliphatic heterocycles. The molecule has 29 heavy (non-hydrogen) atoms. The Kier molecular flexibility index (Phi) is 6.40. The van der Waals surface area contributed by atoms with Crippen molar-refractivity contribution in [2.45, 2.75) is 13.0 Å². The lowest BCUT2D eigenvalue weighted by Gasteiger charge is -2.13. The van der Waals surface area contributed by atoms with Gasteiger partial charge < -0.3 is 14.8 Å². The molecule has 3 rings (SSSR count). The maximum atomic E-state index is 12.4. The Balaban J connectivity index is 1.59. The first-order chi connectivity index (χ1) is 14.0. The Morgan fingerprint density at radius 2 is 1.52 bits per heavy atom. The van der Waals surface area contributed by atoms with Crippen molar-refractivity contribution < 1.29 is 19.1 Å². The molecule has 0 radical (unpaired) electrons. The molecule has 1 heterocycles. The summed E-state index contributed by atoms with van der Waals surface area (Å²) in [6.07, 6.45) is 0. The van der Waals surface area contributed by atoms with Crippen molar-refractivity contribution in [2.24, 2.45) is 0 Å². The molecule has 8 nitrogen and oxygen atoms in total. The van der Waals surface area contributed by atoms with E-state index in [2.05, 4.69) is 20.8 Å². The number of nitrogens with zero attached hydrogens (tertiary/aromatic N) is 2. The monoisotopic (exact) mass is 412 g/mol. The predicted octanol–water partition coefficient (Wildman–Crippen LogP) is 2.98. The van der Waals surface area contributed by atoms with Crippen LogP contribution in [0.3, 0.4) is 0 Å². The topological polar surface area (TPSA) is 102 Å². The van der Waals surface area contributed by atoms with E-state index in [0.29, 0.717) is 21.5 Å². The summed E-state index contributed by atoms with van der Waals surface area (Å²) in [4.78, 5) is 24.7. The van der Waals surface area contributed by atoms with E-state index < -0.39 is 6.04 Å². The van der Waals surface area contributed by atoms with Gasteiger partial charge in [-0.1, -0.05) is 11.3 Å². The highest BCUT2D eigenvalue weighted by molar-refractivity contribution is 7.18. The molecule has 2 aromatic carbocycles. The first-order valence-corrected chi connectivity index (χ1v) is 9.55. The number of methoxy groups -OCH3 is 2. The summed E-state index contributed by atoms with van der Waals surface area (Å²) >= 11 is 1.24. The van der Waals surface area contributed by atoms with Crippen molar-refractivity contribution in [3.05, 3.63) is 54.1 Å². The molecular weight excluding hydrogens is 392 g/mol. The third kappa shape index (κ3) is 5.08. The van der Waals surface area contributed by atoms with Gasteiger partial charge in [0.15, 0.2) is 0 Å². The van der Waals surface area contributed by atoms with Crippen LogP contribution in [-0.4, -0.2) is 42.3 Å². The van der Waals surface area contributed by atoms with Crippen LogP contribution in [-0.2, 0) is 4.79 Å². The molecule has 0 aliphatic rings. The molecule has 0 saturated heterocycles. The quantitative estimate of drug-likeness (QED) is 0.619. The number of ether oxygens (including phenoxy) is 2. The minimum atomic E-state index is -0.752. The standard InChI is InChI=1S/C20H20N4O4S/c1-12(21-18(26)13-4-8-15(27-2)9-5-13)17(25)22-20-24-23-19(29-20)14-6-10-16(28-3)11-7-14/h4-12H,1-3H3,(H,21,26)(H,22,24,25)/t12-/m0/s1. The molecule has 1 aromatic heterocycles. The third-order valence-electron chi connectivity index (χ3n) is 4.09. The predicted molar refractivity (Wildman–Crippen MR) is 110 cm³/mol. The fraction of sp³-hybridized carbons (Fsp3) is 0.200. The van der Waals surface area contributed by atoms with Crippen molar-refractivity contribution in [3.63, 3.8) is 0 Å². The van der Waals surface area contributed by atoms with Crippen LogP contribution in [0.1, 0.15) is 17.3 Å². The zero-order valence-corrected chi connectivity index (χ0v) is 16.9. The number of benzene rings is 2. The molecule has 0 bridgehead atoms. The van der Waals surface area contributed by atoms with E-state index in [1.807, 2.05) is 24.3 Å². The van der Waals surface area contributed by atoms with E-state index in [1.165, 1.54) is 11.3 Å². The van der Waals surface area contributed by atoms with E-state index in [1.54, 1.807) is 45.4 Å². The number of amides is 2. The van der Waals surface area contributed by atoms with E-state index in [4.69, 9.17) is 9.47 Å². The Bertz CT molecular complexity index is 986. The lowest BCUT2D eigenvalue weighted by molar-refractivity contribution is -0.117. The van der Waals surface area contributed by atoms with Crippen LogP contribution in [0.4, 0.5) is 5.13 Å². The summed E-state index contributed by atoms with van der Waals surface area (Å²) in [6, 6.07) is 13.2. The normalized spacial score (nSPS) is 11.4. The second kappa shape index (κ2) is 9.16. The Morgan fingerprint density at radius 3 is 2.10 bits per heavy atom. The van der Waals surface area contributed by atoms with Gasteiger partial charge in [-0.2, -0.15) is 0 Å². The van der Waals surface area contributed by atoms with E-state index >= 15 is 0 Å². The average Bonchev–Trinajstić information content (AvgIpc) is 3.22. The fourth-order valence-corrected chi connectivity index (χ4v) is 3.18. The largest absolute Gasteiger partial charge is 0.497 e. The van der Waals surface area contributed by atoms with Gasteiger partial charge in [0.05, 0.1) is 14.2 Å². The highest BCUT2D eigenvalue weighted by atomic mass is 32.1. The highest BCUT2D eigenvalue weighted by Crippen LogP contribution is 2.27. The average molecular weight is 412 g/mol. The lowest BCUT2D eigenvalue weighted by Crippen LogP contribution is -2.41. The summed E-state index contributed by atoms with van der Waals surface area (Å²) in [5, 5.41) is 14.4. The smallest absolute Gasteiger partial charge is 0.251 e. The molecule has 9 heteroatoms. The van der Waals surface area contributed by atoms with Crippen LogP contribution in [0, 0.1) is 0 Å². The fourth-order valence-electron chi connectivity index (χ4n) is 2.43. The summed E-state index contributed by atoms with van der Waals surface area (Å²) in [5.41, 5.74) is 1.30. The van der Waals surface area contributed by atoms with Crippen LogP contribution >= 0.6 is 11.3 Å². The number of rotatable bonds is 7. The number of hydrogen-bond donors (Lipinski definition) is 2. The molecule has 2 N–H and O–H groups in total. The van der Waals surface area contributed by atoms with Gasteiger partial charge in [-0.05, 0) is 55.5 Å². The van der Waals surface area contributed by atoms with Crippen molar-refractivity contribution in [3.8, 4) is 22.1 Å². The number of carbonyl (C=O) groups is 2. The van der Waals surface area contributed by atoms with Crippen molar-refractivity contribution >= 4 is 28.3 Å². The van der Waals surface area contributed by atoms with Crippen LogP contribution in [0.15, 0.2) is 48.5 Å². The van der Waals surface area contributed by atoms with Crippen LogP contribution in [0.25, 0.3) is 10.6 Å². The Labute approximate surface area is 171 Å². The van der Waals surface area contributed by atoms with Crippen molar-refractivity contribution in [1.29, 1.82) is 0 Å². The summed E-state index contributed by atoms with van der Waals surface area (Å²) in [6.45, 7) is 1.60. The molecule has 3 aromatic rings. The Morgan fingerprint density at radius 1 is 0.931 bits per heavy atom. The molecule has 0 aliphatic carbocycles. The zero-order chi connectivity index (χ0) is 20.8. The summed E-state index contributed by atoms with van der Waals surface area (Å²) in [7, 11) is 3.15. The molecule has 0 unspecified atom stereocenters. The number of hydrogen-bond acceptors (Lipinski definition) is 7. The number of carbonyl (C=O) groups excluding carboxylic acids is 2. The van der Waals surface area contributed by atoms with Crippen LogP contribution in [0.2, 0.25) is 0 Å². The van der Waals surface area contributed by atoms with Gasteiger partial charge in [0.2, 0.25) is 11.0 Å². The molecule has 1 atom stereocenters. The van der Waals surface area contributed by atoms with Gasteiger partial charge in [0.25, 0.3) is 5.91 Å². The molecule has 0 saturated carbocycles. The minimum Gasteiger partial charge on any atom is -0.497 e. The van der Waals surface area contributed by atoms with Gasteiger partial charge >= 0.3 is 0 Å². The molecule has 150 valence electrons. The van der Waals surface area contributed by atoms with Gasteiger partial charge in [-0.3, -0.25) is 14.9 Å². The van der Waals surface area contributed by atoms with E-state index in [9.17, 15) is 9.59 Å². The van der Waals surface area contributed by atoms with Gasteiger partial charge in [-0.25, -0.2) is 0 Å². The highest BCUT2D eigenvalue weighted by Gasteiger charge is 2.18. The van der Waals surface area contributed by atoms with Crippen molar-refractivity contribution in [1.82, 2.24) is 15.5 Å². The minimum absolute atomic E-state index is 0.353. The number of aromatic nitrogens is 2. The lowest BCUT2D eigenvalue weighted by atomic mass is 10.2. The zero-order valence-electron chi connectivity index (χ0n) is 16.1. The Hall–Kier alpha value is -3.46. The second-order valence-electron chi connectivity index (χ2n) is 6.05. The molecule has 2 amide bonds. The number of nitrogens with one attached hydrogen (secondary N) is 2. The van der Waals surface area contributed by atoms with E-state index in [0.717, 1.165) is 11.3 Å². The summed E-state index contributed by atoms with van der Waals surface area (Å²) < 4.78 is 10.2. The van der Waals surface area contributed by atoms with Gasteiger partial charge in [0, 0.05) is 11.1 Å². The van der Waals surface area contributed by atoms with Gasteiger partial charge in [-0.15, -0.1) is 10.2 Å². The second-order valence-corrected chi connectivity index (χ2v) is 7.03. The molecule has 0 fully saturated rings. The number of anilines is 1. The first kappa shape index (κ1) is 20.3. The van der Waals surface area contributed by atoms with Crippen molar-refractivity contribution in [2.75, 3.05) is 19.5 Å². The molecular formula is C20H20N4O4S. The van der Waals surface area contributed by atoms with E-state index in [-0.39, 0.29) is 11.8 Å². The maximum absolute atomic E-state index is 12.4. The summed E-state index contributed by atoms with van der Waals surface area (Å²) in [5.74, 6) is 0.653. The maximum Gasteiger partial charge on any atom is 0.251 e. The first-order valence-electron chi connectivity index (χ1n) is 8.74. The molecule has 0 spiro atoms. The van der Waals surface area contributed by atoms with Gasteiger partial charge in [0.1, 0.15) is 22.5 Å². The SMILES string of the molecule is COc1ccc(C(=O)N[C@@H](C)C(=O)Nc2nnc(-c3ccc(OC)cc3)s2)cc1. The third-order valence-corrected chi connectivity index (χ3v) is 4.97.